The second kappa shape index (κ2) is 7.04. The molecule has 0 heterocycles. The van der Waals surface area contributed by atoms with Gasteiger partial charge in [0.25, 0.3) is 0 Å². The van der Waals surface area contributed by atoms with Gasteiger partial charge in [-0.1, -0.05) is 24.3 Å². The van der Waals surface area contributed by atoms with Gasteiger partial charge in [-0.25, -0.2) is 0 Å². The number of carboxylic acid groups (broad SMARTS) is 1. The van der Waals surface area contributed by atoms with E-state index in [9.17, 15) is 9.90 Å². The molecule has 1 atom stereocenters. The standard InChI is InChI=1S/C13H19NO3/c1-10-6-3-4-7-11(10)12(13(15)16)14-8-5-9-17-2/h3-4,6-7,12,14H,5,8-9H2,1-2H3,(H,15,16). The Labute approximate surface area is 102 Å². The minimum absolute atomic E-state index is 0.624. The SMILES string of the molecule is COCCCNC(C(=O)O)c1ccccc1C. The van der Waals surface area contributed by atoms with Crippen LogP contribution in [-0.4, -0.2) is 31.3 Å². The Kier molecular flexibility index (Phi) is 5.66. The number of carboxylic acids is 1. The van der Waals surface area contributed by atoms with E-state index in [1.807, 2.05) is 31.2 Å². The van der Waals surface area contributed by atoms with Crippen LogP contribution in [0.15, 0.2) is 24.3 Å². The van der Waals surface area contributed by atoms with Crippen molar-refractivity contribution < 1.29 is 14.6 Å². The lowest BCUT2D eigenvalue weighted by Crippen LogP contribution is -2.30. The molecule has 0 bridgehead atoms. The summed E-state index contributed by atoms with van der Waals surface area (Å²) in [6.45, 7) is 3.17. The number of aliphatic carboxylic acids is 1. The van der Waals surface area contributed by atoms with Crippen molar-refractivity contribution >= 4 is 5.97 Å². The van der Waals surface area contributed by atoms with Crippen molar-refractivity contribution in [1.82, 2.24) is 5.32 Å². The second-order valence-electron chi connectivity index (χ2n) is 3.93. The molecule has 0 spiro atoms. The highest BCUT2D eigenvalue weighted by atomic mass is 16.5. The monoisotopic (exact) mass is 237 g/mol. The van der Waals surface area contributed by atoms with Crippen LogP contribution in [0, 0.1) is 6.92 Å². The maximum atomic E-state index is 11.2. The van der Waals surface area contributed by atoms with Gasteiger partial charge in [-0.3, -0.25) is 4.79 Å². The Morgan fingerprint density at radius 2 is 2.18 bits per heavy atom. The third-order valence-electron chi connectivity index (χ3n) is 2.62. The van der Waals surface area contributed by atoms with Crippen LogP contribution < -0.4 is 5.32 Å². The highest BCUT2D eigenvalue weighted by Crippen LogP contribution is 2.17. The zero-order valence-corrected chi connectivity index (χ0v) is 10.3. The smallest absolute Gasteiger partial charge is 0.325 e. The first kappa shape index (κ1) is 13.7. The van der Waals surface area contributed by atoms with Crippen molar-refractivity contribution in [2.24, 2.45) is 0 Å². The molecular formula is C13H19NO3. The van der Waals surface area contributed by atoms with E-state index in [2.05, 4.69) is 5.32 Å². The number of nitrogens with one attached hydrogen (secondary N) is 1. The number of hydrogen-bond acceptors (Lipinski definition) is 3. The van der Waals surface area contributed by atoms with Gasteiger partial charge in [0.2, 0.25) is 0 Å². The highest BCUT2D eigenvalue weighted by Gasteiger charge is 2.19. The number of methoxy groups -OCH3 is 1. The van der Waals surface area contributed by atoms with Gasteiger partial charge in [0, 0.05) is 13.7 Å². The maximum Gasteiger partial charge on any atom is 0.325 e. The molecule has 4 heteroatoms. The Hall–Kier alpha value is -1.39. The zero-order valence-electron chi connectivity index (χ0n) is 10.3. The van der Waals surface area contributed by atoms with E-state index in [1.165, 1.54) is 0 Å². The lowest BCUT2D eigenvalue weighted by molar-refractivity contribution is -0.139. The number of aryl methyl sites for hydroxylation is 1. The summed E-state index contributed by atoms with van der Waals surface area (Å²) in [4.78, 5) is 11.2. The fourth-order valence-electron chi connectivity index (χ4n) is 1.70. The average Bonchev–Trinajstić information content (AvgIpc) is 2.30. The number of benzene rings is 1. The van der Waals surface area contributed by atoms with E-state index in [0.717, 1.165) is 17.5 Å². The molecule has 0 aromatic heterocycles. The Bertz CT molecular complexity index is 365. The van der Waals surface area contributed by atoms with Gasteiger partial charge in [0.1, 0.15) is 6.04 Å². The lowest BCUT2D eigenvalue weighted by Gasteiger charge is -2.16. The molecule has 0 saturated heterocycles. The van der Waals surface area contributed by atoms with E-state index in [1.54, 1.807) is 7.11 Å². The topological polar surface area (TPSA) is 58.6 Å². The Morgan fingerprint density at radius 1 is 1.47 bits per heavy atom. The van der Waals surface area contributed by atoms with Crippen LogP contribution in [0.1, 0.15) is 23.6 Å². The predicted molar refractivity (Wildman–Crippen MR) is 66.1 cm³/mol. The minimum atomic E-state index is -0.850. The van der Waals surface area contributed by atoms with Gasteiger partial charge < -0.3 is 15.2 Å². The molecule has 1 rings (SSSR count). The van der Waals surface area contributed by atoms with E-state index < -0.39 is 12.0 Å². The van der Waals surface area contributed by atoms with Crippen molar-refractivity contribution in [2.75, 3.05) is 20.3 Å². The fourth-order valence-corrected chi connectivity index (χ4v) is 1.70. The van der Waals surface area contributed by atoms with Gasteiger partial charge >= 0.3 is 5.97 Å². The molecular weight excluding hydrogens is 218 g/mol. The summed E-state index contributed by atoms with van der Waals surface area (Å²) in [5, 5.41) is 12.2. The summed E-state index contributed by atoms with van der Waals surface area (Å²) in [7, 11) is 1.63. The van der Waals surface area contributed by atoms with E-state index in [-0.39, 0.29) is 0 Å². The molecule has 0 fully saturated rings. The first-order valence-electron chi connectivity index (χ1n) is 5.67. The van der Waals surface area contributed by atoms with Crippen LogP contribution in [0.4, 0.5) is 0 Å². The van der Waals surface area contributed by atoms with Crippen molar-refractivity contribution in [3.05, 3.63) is 35.4 Å². The van der Waals surface area contributed by atoms with Gasteiger partial charge in [0.15, 0.2) is 0 Å². The first-order chi connectivity index (χ1) is 8.16. The summed E-state index contributed by atoms with van der Waals surface area (Å²) < 4.78 is 4.93. The maximum absolute atomic E-state index is 11.2. The number of rotatable bonds is 7. The largest absolute Gasteiger partial charge is 0.480 e. The molecule has 1 aromatic carbocycles. The predicted octanol–water partition coefficient (Wildman–Crippen LogP) is 1.75. The quantitative estimate of drug-likeness (QED) is 0.709. The van der Waals surface area contributed by atoms with E-state index in [4.69, 9.17) is 4.74 Å². The summed E-state index contributed by atoms with van der Waals surface area (Å²) in [5.74, 6) is -0.850. The Morgan fingerprint density at radius 3 is 2.76 bits per heavy atom. The number of ether oxygens (including phenoxy) is 1. The minimum Gasteiger partial charge on any atom is -0.480 e. The molecule has 0 aliphatic rings. The molecule has 0 aliphatic carbocycles. The molecule has 0 radical (unpaired) electrons. The van der Waals surface area contributed by atoms with Crippen molar-refractivity contribution in [2.45, 2.75) is 19.4 Å². The summed E-state index contributed by atoms with van der Waals surface area (Å²) >= 11 is 0. The van der Waals surface area contributed by atoms with E-state index >= 15 is 0 Å². The first-order valence-corrected chi connectivity index (χ1v) is 5.67. The van der Waals surface area contributed by atoms with Crippen LogP contribution in [0.3, 0.4) is 0 Å². The highest BCUT2D eigenvalue weighted by molar-refractivity contribution is 5.76. The third-order valence-corrected chi connectivity index (χ3v) is 2.62. The van der Waals surface area contributed by atoms with Crippen LogP contribution in [-0.2, 0) is 9.53 Å². The molecule has 1 unspecified atom stereocenters. The van der Waals surface area contributed by atoms with Gasteiger partial charge in [0.05, 0.1) is 0 Å². The number of hydrogen-bond donors (Lipinski definition) is 2. The summed E-state index contributed by atoms with van der Waals surface area (Å²) in [6, 6.07) is 6.88. The van der Waals surface area contributed by atoms with Crippen LogP contribution in [0.5, 0.6) is 0 Å². The van der Waals surface area contributed by atoms with Gasteiger partial charge in [-0.05, 0) is 31.0 Å². The van der Waals surface area contributed by atoms with Crippen LogP contribution >= 0.6 is 0 Å². The van der Waals surface area contributed by atoms with Gasteiger partial charge in [-0.15, -0.1) is 0 Å². The molecule has 0 aliphatic heterocycles. The average molecular weight is 237 g/mol. The van der Waals surface area contributed by atoms with Gasteiger partial charge in [-0.2, -0.15) is 0 Å². The second-order valence-corrected chi connectivity index (χ2v) is 3.93. The number of carbonyl (C=O) groups is 1. The molecule has 17 heavy (non-hydrogen) atoms. The van der Waals surface area contributed by atoms with Crippen molar-refractivity contribution in [1.29, 1.82) is 0 Å². The Balaban J connectivity index is 2.66. The summed E-state index contributed by atoms with van der Waals surface area (Å²) in [6.07, 6.45) is 0.798. The molecule has 1 aromatic rings. The van der Waals surface area contributed by atoms with Crippen LogP contribution in [0.2, 0.25) is 0 Å². The van der Waals surface area contributed by atoms with Crippen LogP contribution in [0.25, 0.3) is 0 Å². The van der Waals surface area contributed by atoms with Crippen molar-refractivity contribution in [3.63, 3.8) is 0 Å². The normalized spacial score (nSPS) is 12.4. The molecule has 4 nitrogen and oxygen atoms in total. The molecule has 0 saturated carbocycles. The molecule has 0 amide bonds. The fraction of sp³-hybridized carbons (Fsp3) is 0.462. The van der Waals surface area contributed by atoms with E-state index in [0.29, 0.717) is 13.2 Å². The molecule has 94 valence electrons. The zero-order chi connectivity index (χ0) is 12.7. The third kappa shape index (κ3) is 4.17. The molecule has 2 N–H and O–H groups in total. The van der Waals surface area contributed by atoms with Crippen molar-refractivity contribution in [3.8, 4) is 0 Å². The lowest BCUT2D eigenvalue weighted by atomic mass is 10.0. The summed E-state index contributed by atoms with van der Waals surface area (Å²) in [5.41, 5.74) is 1.80.